The van der Waals surface area contributed by atoms with Crippen molar-refractivity contribution >= 4 is 5.82 Å². The number of hydrogen-bond donors (Lipinski definition) is 3. The molecule has 1 aromatic heterocycles. The predicted octanol–water partition coefficient (Wildman–Crippen LogP) is 3.39. The summed E-state index contributed by atoms with van der Waals surface area (Å²) in [5, 5.41) is 33.2. The van der Waals surface area contributed by atoms with E-state index in [1.165, 1.54) is 0 Å². The van der Waals surface area contributed by atoms with E-state index in [2.05, 4.69) is 15.5 Å². The Morgan fingerprint density at radius 1 is 1.19 bits per heavy atom. The van der Waals surface area contributed by atoms with Crippen molar-refractivity contribution in [1.29, 1.82) is 0 Å². The van der Waals surface area contributed by atoms with E-state index in [1.807, 2.05) is 19.1 Å². The lowest BCUT2D eigenvalue weighted by atomic mass is 9.92. The number of fused-ring (bicyclic) bond motifs is 2. The van der Waals surface area contributed by atoms with Crippen LogP contribution in [0.4, 0.5) is 5.82 Å². The first kappa shape index (κ1) is 17.0. The lowest BCUT2D eigenvalue weighted by Gasteiger charge is -2.29. The summed E-state index contributed by atoms with van der Waals surface area (Å²) in [6, 6.07) is 5.62. The highest BCUT2D eigenvalue weighted by Crippen LogP contribution is 2.58. The maximum absolute atomic E-state index is 10.4. The molecule has 2 aliphatic carbocycles. The van der Waals surface area contributed by atoms with Crippen molar-refractivity contribution in [2.24, 2.45) is 0 Å². The zero-order valence-electron chi connectivity index (χ0n) is 15.5. The minimum atomic E-state index is -0.352. The molecule has 6 nitrogen and oxygen atoms in total. The summed E-state index contributed by atoms with van der Waals surface area (Å²) in [5.74, 6) is 0.952. The number of nitrogens with one attached hydrogen (secondary N) is 1. The van der Waals surface area contributed by atoms with Gasteiger partial charge in [0.1, 0.15) is 11.4 Å². The standard InChI is InChI=1S/C21H25N3O3/c1-12-6-7-13(17(26)10-12)19-14-11-27-21(8-9-21)18(14)20(24-23-19)22-15-4-2-3-5-16(15)25/h6-7,10,15-16,25-26H,2-5,8-9,11H2,1H3,(H,22,24)/t15-,16-/m1/s1. The second kappa shape index (κ2) is 6.17. The summed E-state index contributed by atoms with van der Waals surface area (Å²) in [6.07, 6.45) is 5.55. The van der Waals surface area contributed by atoms with E-state index in [0.29, 0.717) is 17.9 Å². The Hall–Kier alpha value is -2.18. The van der Waals surface area contributed by atoms with Crippen molar-refractivity contribution in [1.82, 2.24) is 10.2 Å². The Bertz CT molecular complexity index is 894. The van der Waals surface area contributed by atoms with Crippen molar-refractivity contribution in [2.45, 2.75) is 69.8 Å². The molecular weight excluding hydrogens is 342 g/mol. The largest absolute Gasteiger partial charge is 0.507 e. The van der Waals surface area contributed by atoms with Gasteiger partial charge >= 0.3 is 0 Å². The van der Waals surface area contributed by atoms with Crippen LogP contribution >= 0.6 is 0 Å². The molecule has 0 bridgehead atoms. The molecule has 5 rings (SSSR count). The third-order valence-corrected chi connectivity index (χ3v) is 6.19. The Kier molecular flexibility index (Phi) is 3.88. The van der Waals surface area contributed by atoms with E-state index in [4.69, 9.17) is 4.74 Å². The van der Waals surface area contributed by atoms with Gasteiger partial charge in [-0.05, 0) is 50.3 Å². The van der Waals surface area contributed by atoms with Crippen molar-refractivity contribution < 1.29 is 14.9 Å². The fourth-order valence-electron chi connectivity index (χ4n) is 4.51. The van der Waals surface area contributed by atoms with Gasteiger partial charge in [0.25, 0.3) is 0 Å². The average molecular weight is 367 g/mol. The van der Waals surface area contributed by atoms with E-state index in [9.17, 15) is 10.2 Å². The SMILES string of the molecule is Cc1ccc(-c2nnc(N[C@@H]3CCCC[C@H]3O)c3c2COC32CC2)c(O)c1. The van der Waals surface area contributed by atoms with Crippen LogP contribution in [0, 0.1) is 6.92 Å². The van der Waals surface area contributed by atoms with Gasteiger partial charge in [-0.25, -0.2) is 0 Å². The van der Waals surface area contributed by atoms with Gasteiger partial charge in [0.2, 0.25) is 0 Å². The molecule has 2 fully saturated rings. The van der Waals surface area contributed by atoms with Gasteiger partial charge in [0.05, 0.1) is 24.4 Å². The highest BCUT2D eigenvalue weighted by atomic mass is 16.5. The molecule has 2 saturated carbocycles. The molecule has 0 amide bonds. The highest BCUT2D eigenvalue weighted by molar-refractivity contribution is 5.74. The smallest absolute Gasteiger partial charge is 0.155 e. The fourth-order valence-corrected chi connectivity index (χ4v) is 4.51. The van der Waals surface area contributed by atoms with Crippen molar-refractivity contribution in [3.63, 3.8) is 0 Å². The summed E-state index contributed by atoms with van der Waals surface area (Å²) in [7, 11) is 0. The van der Waals surface area contributed by atoms with Crippen LogP contribution in [0.3, 0.4) is 0 Å². The number of phenols is 1. The number of hydrogen-bond acceptors (Lipinski definition) is 6. The third kappa shape index (κ3) is 2.78. The maximum atomic E-state index is 10.4. The third-order valence-electron chi connectivity index (χ3n) is 6.19. The number of aliphatic hydroxyl groups is 1. The number of aliphatic hydroxyl groups excluding tert-OH is 1. The molecule has 0 saturated heterocycles. The summed E-state index contributed by atoms with van der Waals surface area (Å²) >= 11 is 0. The zero-order chi connectivity index (χ0) is 18.6. The second-order valence-electron chi connectivity index (χ2n) is 8.16. The average Bonchev–Trinajstić information content (AvgIpc) is 3.32. The van der Waals surface area contributed by atoms with Crippen LogP contribution in [-0.4, -0.2) is 32.6 Å². The maximum Gasteiger partial charge on any atom is 0.155 e. The summed E-state index contributed by atoms with van der Waals surface area (Å²) in [6.45, 7) is 2.43. The van der Waals surface area contributed by atoms with Crippen molar-refractivity contribution in [3.8, 4) is 17.0 Å². The monoisotopic (exact) mass is 367 g/mol. The van der Waals surface area contributed by atoms with Crippen LogP contribution in [0.15, 0.2) is 18.2 Å². The molecule has 0 radical (unpaired) electrons. The summed E-state index contributed by atoms with van der Waals surface area (Å²) in [5.41, 5.74) is 4.21. The van der Waals surface area contributed by atoms with Crippen LogP contribution < -0.4 is 5.32 Å². The van der Waals surface area contributed by atoms with E-state index >= 15 is 0 Å². The first-order valence-electron chi connectivity index (χ1n) is 9.86. The van der Waals surface area contributed by atoms with E-state index < -0.39 is 0 Å². The lowest BCUT2D eigenvalue weighted by Crippen LogP contribution is -2.37. The quantitative estimate of drug-likeness (QED) is 0.771. The number of rotatable bonds is 3. The van der Waals surface area contributed by atoms with Gasteiger partial charge in [-0.2, -0.15) is 0 Å². The van der Waals surface area contributed by atoms with E-state index in [1.54, 1.807) is 6.07 Å². The summed E-state index contributed by atoms with van der Waals surface area (Å²) < 4.78 is 6.14. The van der Waals surface area contributed by atoms with Crippen LogP contribution in [-0.2, 0) is 16.9 Å². The first-order chi connectivity index (χ1) is 13.1. The van der Waals surface area contributed by atoms with Crippen LogP contribution in [0.1, 0.15) is 55.2 Å². The number of aryl methyl sites for hydroxylation is 1. The van der Waals surface area contributed by atoms with Gasteiger partial charge in [0, 0.05) is 16.7 Å². The number of aromatic nitrogens is 2. The van der Waals surface area contributed by atoms with Gasteiger partial charge in [-0.15, -0.1) is 10.2 Å². The minimum absolute atomic E-state index is 0.00665. The molecule has 3 aliphatic rings. The Balaban J connectivity index is 1.58. The molecule has 2 aromatic rings. The zero-order valence-corrected chi connectivity index (χ0v) is 15.5. The number of benzene rings is 1. The highest BCUT2D eigenvalue weighted by Gasteiger charge is 2.54. The van der Waals surface area contributed by atoms with E-state index in [0.717, 1.165) is 61.0 Å². The lowest BCUT2D eigenvalue weighted by molar-refractivity contribution is 0.0444. The summed E-state index contributed by atoms with van der Waals surface area (Å²) in [4.78, 5) is 0. The Morgan fingerprint density at radius 3 is 2.74 bits per heavy atom. The first-order valence-corrected chi connectivity index (χ1v) is 9.86. The van der Waals surface area contributed by atoms with Crippen LogP contribution in [0.25, 0.3) is 11.3 Å². The van der Waals surface area contributed by atoms with E-state index in [-0.39, 0.29) is 23.5 Å². The molecule has 2 atom stereocenters. The molecule has 1 aromatic carbocycles. The van der Waals surface area contributed by atoms with Crippen LogP contribution in [0.2, 0.25) is 0 Å². The molecular formula is C21H25N3O3. The van der Waals surface area contributed by atoms with Gasteiger partial charge < -0.3 is 20.3 Å². The normalized spacial score (nSPS) is 25.4. The molecule has 3 N–H and O–H groups in total. The number of aromatic hydroxyl groups is 1. The number of anilines is 1. The molecule has 0 unspecified atom stereocenters. The molecule has 1 spiro atoms. The number of nitrogens with zero attached hydrogens (tertiary/aromatic N) is 2. The van der Waals surface area contributed by atoms with Crippen LogP contribution in [0.5, 0.6) is 5.75 Å². The van der Waals surface area contributed by atoms with Crippen molar-refractivity contribution in [2.75, 3.05) is 5.32 Å². The second-order valence-corrected chi connectivity index (χ2v) is 8.16. The van der Waals surface area contributed by atoms with Crippen molar-refractivity contribution in [3.05, 3.63) is 34.9 Å². The number of ether oxygens (including phenoxy) is 1. The van der Waals surface area contributed by atoms with Gasteiger partial charge in [-0.1, -0.05) is 18.9 Å². The molecule has 142 valence electrons. The molecule has 6 heteroatoms. The van der Waals surface area contributed by atoms with Gasteiger partial charge in [-0.3, -0.25) is 0 Å². The number of phenolic OH excluding ortho intramolecular Hbond substituents is 1. The Morgan fingerprint density at radius 2 is 2.00 bits per heavy atom. The topological polar surface area (TPSA) is 87.5 Å². The predicted molar refractivity (Wildman–Crippen MR) is 101 cm³/mol. The molecule has 1 aliphatic heterocycles. The molecule has 2 heterocycles. The van der Waals surface area contributed by atoms with Gasteiger partial charge in [0.15, 0.2) is 5.82 Å². The molecule has 27 heavy (non-hydrogen) atoms. The Labute approximate surface area is 158 Å². The minimum Gasteiger partial charge on any atom is -0.507 e. The fraction of sp³-hybridized carbons (Fsp3) is 0.524.